The lowest BCUT2D eigenvalue weighted by molar-refractivity contribution is 0.966. The third-order valence-electron chi connectivity index (χ3n) is 3.44. The van der Waals surface area contributed by atoms with Crippen LogP contribution in [-0.4, -0.2) is 24.8 Å². The predicted molar refractivity (Wildman–Crippen MR) is 82.3 cm³/mol. The van der Waals surface area contributed by atoms with Gasteiger partial charge in [-0.15, -0.1) is 15.3 Å². The van der Waals surface area contributed by atoms with E-state index in [1.165, 1.54) is 4.40 Å². The first-order valence-electron chi connectivity index (χ1n) is 6.79. The van der Waals surface area contributed by atoms with Gasteiger partial charge in [0, 0.05) is 11.1 Å². The fourth-order valence-corrected chi connectivity index (χ4v) is 2.46. The highest BCUT2D eigenvalue weighted by atomic mass is 16.1. The standard InChI is InChI=1S/C16H11N5O/c22-16-20-19-15-18-17-13(11-7-3-1-4-8-11)14(21(15)16)12-9-5-2-6-10-12/h1-10H,(H,20,22). The average Bonchev–Trinajstić information content (AvgIpc) is 2.97. The lowest BCUT2D eigenvalue weighted by atomic mass is 10.0. The van der Waals surface area contributed by atoms with Gasteiger partial charge in [0.05, 0.1) is 5.69 Å². The molecule has 106 valence electrons. The molecule has 4 aromatic rings. The molecule has 2 heterocycles. The molecule has 0 saturated heterocycles. The van der Waals surface area contributed by atoms with E-state index in [1.54, 1.807) is 0 Å². The maximum absolute atomic E-state index is 12.1. The number of aromatic amines is 1. The Morgan fingerprint density at radius 2 is 1.45 bits per heavy atom. The van der Waals surface area contributed by atoms with E-state index in [0.29, 0.717) is 11.4 Å². The number of benzene rings is 2. The van der Waals surface area contributed by atoms with Crippen molar-refractivity contribution < 1.29 is 0 Å². The summed E-state index contributed by atoms with van der Waals surface area (Å²) in [5.74, 6) is 0.253. The molecule has 0 spiro atoms. The first-order valence-corrected chi connectivity index (χ1v) is 6.79. The Morgan fingerprint density at radius 1 is 0.818 bits per heavy atom. The van der Waals surface area contributed by atoms with Crippen molar-refractivity contribution in [3.8, 4) is 22.5 Å². The van der Waals surface area contributed by atoms with Crippen LogP contribution in [0.1, 0.15) is 0 Å². The van der Waals surface area contributed by atoms with Gasteiger partial charge in [-0.05, 0) is 0 Å². The van der Waals surface area contributed by atoms with Crippen molar-refractivity contribution >= 4 is 5.78 Å². The summed E-state index contributed by atoms with van der Waals surface area (Å²) in [7, 11) is 0. The Bertz CT molecular complexity index is 989. The van der Waals surface area contributed by atoms with Crippen LogP contribution in [0.2, 0.25) is 0 Å². The predicted octanol–water partition coefficient (Wildman–Crippen LogP) is 2.15. The van der Waals surface area contributed by atoms with E-state index in [2.05, 4.69) is 20.4 Å². The molecular weight excluding hydrogens is 278 g/mol. The van der Waals surface area contributed by atoms with Crippen molar-refractivity contribution in [1.29, 1.82) is 0 Å². The van der Waals surface area contributed by atoms with Crippen LogP contribution >= 0.6 is 0 Å². The molecular formula is C16H11N5O. The Balaban J connectivity index is 2.14. The van der Waals surface area contributed by atoms with Gasteiger partial charge >= 0.3 is 5.69 Å². The zero-order valence-corrected chi connectivity index (χ0v) is 11.5. The van der Waals surface area contributed by atoms with Gasteiger partial charge in [-0.3, -0.25) is 0 Å². The Kier molecular flexibility index (Phi) is 2.79. The highest BCUT2D eigenvalue weighted by Crippen LogP contribution is 2.28. The first kappa shape index (κ1) is 12.5. The van der Waals surface area contributed by atoms with Gasteiger partial charge in [0.15, 0.2) is 0 Å². The largest absolute Gasteiger partial charge is 0.349 e. The monoisotopic (exact) mass is 289 g/mol. The zero-order valence-electron chi connectivity index (χ0n) is 11.5. The molecule has 2 aromatic carbocycles. The van der Waals surface area contributed by atoms with E-state index in [0.717, 1.165) is 11.1 Å². The number of rotatable bonds is 2. The average molecular weight is 289 g/mol. The van der Waals surface area contributed by atoms with Crippen LogP contribution in [-0.2, 0) is 0 Å². The van der Waals surface area contributed by atoms with E-state index < -0.39 is 0 Å². The summed E-state index contributed by atoms with van der Waals surface area (Å²) in [5, 5.41) is 14.6. The number of nitrogens with one attached hydrogen (secondary N) is 1. The van der Waals surface area contributed by atoms with E-state index >= 15 is 0 Å². The Morgan fingerprint density at radius 3 is 2.14 bits per heavy atom. The molecule has 0 radical (unpaired) electrons. The molecule has 0 saturated carbocycles. The van der Waals surface area contributed by atoms with Crippen LogP contribution in [0.15, 0.2) is 65.5 Å². The SMILES string of the molecule is O=c1[nH]nc2nnc(-c3ccccc3)c(-c3ccccc3)n12. The fraction of sp³-hybridized carbons (Fsp3) is 0. The second kappa shape index (κ2) is 4.92. The molecule has 6 heteroatoms. The third-order valence-corrected chi connectivity index (χ3v) is 3.44. The molecule has 0 bridgehead atoms. The molecule has 1 N–H and O–H groups in total. The maximum Gasteiger partial charge on any atom is 0.349 e. The lowest BCUT2D eigenvalue weighted by Crippen LogP contribution is -2.14. The molecule has 2 aromatic heterocycles. The maximum atomic E-state index is 12.1. The van der Waals surface area contributed by atoms with E-state index in [4.69, 9.17) is 0 Å². The molecule has 0 atom stereocenters. The van der Waals surface area contributed by atoms with Crippen LogP contribution in [0.4, 0.5) is 0 Å². The topological polar surface area (TPSA) is 75.9 Å². The number of aromatic nitrogens is 5. The number of hydrogen-bond donors (Lipinski definition) is 1. The van der Waals surface area contributed by atoms with Crippen molar-refractivity contribution in [2.45, 2.75) is 0 Å². The minimum absolute atomic E-state index is 0.253. The summed E-state index contributed by atoms with van der Waals surface area (Å²) < 4.78 is 1.45. The summed E-state index contributed by atoms with van der Waals surface area (Å²) in [6.45, 7) is 0. The second-order valence-electron chi connectivity index (χ2n) is 4.79. The Hall–Kier alpha value is -3.28. The van der Waals surface area contributed by atoms with Gasteiger partial charge in [-0.1, -0.05) is 60.7 Å². The minimum Gasteiger partial charge on any atom is -0.246 e. The summed E-state index contributed by atoms with van der Waals surface area (Å²) in [4.78, 5) is 12.1. The molecule has 0 fully saturated rings. The van der Waals surface area contributed by atoms with Crippen LogP contribution in [0, 0.1) is 0 Å². The van der Waals surface area contributed by atoms with Crippen molar-refractivity contribution in [1.82, 2.24) is 24.8 Å². The number of hydrogen-bond acceptors (Lipinski definition) is 4. The van der Waals surface area contributed by atoms with E-state index in [9.17, 15) is 4.79 Å². The summed E-state index contributed by atoms with van der Waals surface area (Å²) in [6, 6.07) is 19.3. The van der Waals surface area contributed by atoms with Gasteiger partial charge in [0.2, 0.25) is 0 Å². The summed E-state index contributed by atoms with van der Waals surface area (Å²) in [6.07, 6.45) is 0. The Labute approximate surface area is 125 Å². The summed E-state index contributed by atoms with van der Waals surface area (Å²) in [5.41, 5.74) is 2.76. The summed E-state index contributed by atoms with van der Waals surface area (Å²) >= 11 is 0. The molecule has 0 aliphatic carbocycles. The lowest BCUT2D eigenvalue weighted by Gasteiger charge is -2.09. The normalized spacial score (nSPS) is 10.9. The van der Waals surface area contributed by atoms with Crippen molar-refractivity contribution in [3.63, 3.8) is 0 Å². The third kappa shape index (κ3) is 1.89. The van der Waals surface area contributed by atoms with Crippen LogP contribution < -0.4 is 5.69 Å². The van der Waals surface area contributed by atoms with Gasteiger partial charge < -0.3 is 0 Å². The highest BCUT2D eigenvalue weighted by molar-refractivity contribution is 5.78. The van der Waals surface area contributed by atoms with Crippen LogP contribution in [0.3, 0.4) is 0 Å². The van der Waals surface area contributed by atoms with Gasteiger partial charge in [-0.25, -0.2) is 14.3 Å². The molecule has 0 unspecified atom stereocenters. The van der Waals surface area contributed by atoms with Gasteiger partial charge in [0.1, 0.15) is 5.69 Å². The van der Waals surface area contributed by atoms with E-state index in [-0.39, 0.29) is 11.5 Å². The second-order valence-corrected chi connectivity index (χ2v) is 4.79. The minimum atomic E-state index is -0.332. The smallest absolute Gasteiger partial charge is 0.246 e. The zero-order chi connectivity index (χ0) is 14.9. The van der Waals surface area contributed by atoms with E-state index in [1.807, 2.05) is 60.7 Å². The molecule has 0 aliphatic heterocycles. The van der Waals surface area contributed by atoms with Crippen molar-refractivity contribution in [2.24, 2.45) is 0 Å². The number of fused-ring (bicyclic) bond motifs is 1. The number of nitrogens with zero attached hydrogens (tertiary/aromatic N) is 4. The molecule has 6 nitrogen and oxygen atoms in total. The van der Waals surface area contributed by atoms with Crippen LogP contribution in [0.25, 0.3) is 28.3 Å². The number of H-pyrrole nitrogens is 1. The molecule has 0 aliphatic rings. The van der Waals surface area contributed by atoms with Crippen molar-refractivity contribution in [2.75, 3.05) is 0 Å². The van der Waals surface area contributed by atoms with Crippen molar-refractivity contribution in [3.05, 3.63) is 71.1 Å². The highest BCUT2D eigenvalue weighted by Gasteiger charge is 2.16. The molecule has 0 amide bonds. The van der Waals surface area contributed by atoms with Gasteiger partial charge in [0.25, 0.3) is 5.78 Å². The molecule has 22 heavy (non-hydrogen) atoms. The molecule has 4 rings (SSSR count). The first-order chi connectivity index (χ1) is 10.8. The van der Waals surface area contributed by atoms with Crippen LogP contribution in [0.5, 0.6) is 0 Å². The fourth-order valence-electron chi connectivity index (χ4n) is 2.46. The van der Waals surface area contributed by atoms with Gasteiger partial charge in [-0.2, -0.15) is 0 Å². The quantitative estimate of drug-likeness (QED) is 0.613.